The SMILES string of the molecule is C=CCCS(=O)(=O)N(CCO)Cc1ccc(Cl)c(Cl)c1. The number of halogens is 2. The maximum absolute atomic E-state index is 12.1. The monoisotopic (exact) mass is 337 g/mol. The first-order valence-electron chi connectivity index (χ1n) is 6.04. The van der Waals surface area contributed by atoms with Crippen LogP contribution in [0.5, 0.6) is 0 Å². The van der Waals surface area contributed by atoms with Gasteiger partial charge in [0.15, 0.2) is 0 Å². The molecule has 0 heterocycles. The molecule has 1 aromatic carbocycles. The standard InChI is InChI=1S/C13H17Cl2NO3S/c1-2-3-8-20(18,19)16(6-7-17)10-11-4-5-12(14)13(15)9-11/h2,4-5,9,17H,1,3,6-8,10H2. The van der Waals surface area contributed by atoms with E-state index in [0.29, 0.717) is 16.5 Å². The molecular weight excluding hydrogens is 321 g/mol. The number of sulfonamides is 1. The van der Waals surface area contributed by atoms with Crippen molar-refractivity contribution in [3.63, 3.8) is 0 Å². The van der Waals surface area contributed by atoms with Gasteiger partial charge in [0.05, 0.1) is 22.4 Å². The molecule has 1 aromatic rings. The van der Waals surface area contributed by atoms with Crippen molar-refractivity contribution in [3.8, 4) is 0 Å². The number of nitrogens with zero attached hydrogens (tertiary/aromatic N) is 1. The van der Waals surface area contributed by atoms with Crippen LogP contribution in [-0.4, -0.2) is 36.7 Å². The molecule has 0 amide bonds. The van der Waals surface area contributed by atoms with Crippen LogP contribution in [0.3, 0.4) is 0 Å². The number of aliphatic hydroxyl groups excluding tert-OH is 1. The largest absolute Gasteiger partial charge is 0.395 e. The van der Waals surface area contributed by atoms with E-state index in [9.17, 15) is 8.42 Å². The van der Waals surface area contributed by atoms with Gasteiger partial charge in [-0.25, -0.2) is 8.42 Å². The number of aliphatic hydroxyl groups is 1. The van der Waals surface area contributed by atoms with E-state index in [1.165, 1.54) is 4.31 Å². The molecule has 0 unspecified atom stereocenters. The summed E-state index contributed by atoms with van der Waals surface area (Å²) in [6.07, 6.45) is 1.92. The molecule has 0 spiro atoms. The smallest absolute Gasteiger partial charge is 0.214 e. The van der Waals surface area contributed by atoms with Crippen LogP contribution in [0.4, 0.5) is 0 Å². The minimum absolute atomic E-state index is 0.0299. The van der Waals surface area contributed by atoms with E-state index in [4.69, 9.17) is 28.3 Å². The molecule has 0 aliphatic rings. The lowest BCUT2D eigenvalue weighted by molar-refractivity contribution is 0.251. The Kier molecular flexibility index (Phi) is 6.99. The third kappa shape index (κ3) is 5.07. The predicted molar refractivity (Wildman–Crippen MR) is 82.6 cm³/mol. The lowest BCUT2D eigenvalue weighted by Crippen LogP contribution is -2.34. The highest BCUT2D eigenvalue weighted by molar-refractivity contribution is 7.89. The number of benzene rings is 1. The van der Waals surface area contributed by atoms with Gasteiger partial charge in [-0.1, -0.05) is 35.3 Å². The molecule has 0 atom stereocenters. The van der Waals surface area contributed by atoms with Gasteiger partial charge < -0.3 is 5.11 Å². The Hall–Kier alpha value is -0.590. The lowest BCUT2D eigenvalue weighted by Gasteiger charge is -2.21. The minimum Gasteiger partial charge on any atom is -0.395 e. The first-order chi connectivity index (χ1) is 9.40. The Morgan fingerprint density at radius 2 is 2.00 bits per heavy atom. The van der Waals surface area contributed by atoms with E-state index in [1.54, 1.807) is 24.3 Å². The molecule has 20 heavy (non-hydrogen) atoms. The van der Waals surface area contributed by atoms with Crippen molar-refractivity contribution in [2.45, 2.75) is 13.0 Å². The average Bonchev–Trinajstić information content (AvgIpc) is 2.40. The number of rotatable bonds is 8. The van der Waals surface area contributed by atoms with Crippen molar-refractivity contribution in [1.29, 1.82) is 0 Å². The molecule has 0 radical (unpaired) electrons. The van der Waals surface area contributed by atoms with E-state index in [2.05, 4.69) is 6.58 Å². The first kappa shape index (κ1) is 17.5. The van der Waals surface area contributed by atoms with Crippen LogP contribution in [-0.2, 0) is 16.6 Å². The molecule has 0 fully saturated rings. The zero-order valence-electron chi connectivity index (χ0n) is 10.9. The second kappa shape index (κ2) is 8.00. The van der Waals surface area contributed by atoms with Gasteiger partial charge in [0.2, 0.25) is 10.0 Å². The highest BCUT2D eigenvalue weighted by atomic mass is 35.5. The highest BCUT2D eigenvalue weighted by Gasteiger charge is 2.21. The third-order valence-corrected chi connectivity index (χ3v) is 5.25. The second-order valence-corrected chi connectivity index (χ2v) is 7.10. The molecule has 0 aromatic heterocycles. The van der Waals surface area contributed by atoms with Gasteiger partial charge in [-0.3, -0.25) is 0 Å². The van der Waals surface area contributed by atoms with Crippen LogP contribution in [0.25, 0.3) is 0 Å². The van der Waals surface area contributed by atoms with Crippen LogP contribution >= 0.6 is 23.2 Å². The zero-order valence-corrected chi connectivity index (χ0v) is 13.3. The van der Waals surface area contributed by atoms with Crippen molar-refractivity contribution in [3.05, 3.63) is 46.5 Å². The molecular formula is C13H17Cl2NO3S. The maximum Gasteiger partial charge on any atom is 0.214 e. The molecule has 7 heteroatoms. The summed E-state index contributed by atoms with van der Waals surface area (Å²) < 4.78 is 25.5. The molecule has 1 N–H and O–H groups in total. The summed E-state index contributed by atoms with van der Waals surface area (Å²) in [6, 6.07) is 4.95. The van der Waals surface area contributed by atoms with E-state index >= 15 is 0 Å². The van der Waals surface area contributed by atoms with E-state index in [1.807, 2.05) is 0 Å². The summed E-state index contributed by atoms with van der Waals surface area (Å²) in [5.74, 6) is -0.0299. The number of allylic oxidation sites excluding steroid dienone is 1. The minimum atomic E-state index is -3.44. The van der Waals surface area contributed by atoms with Gasteiger partial charge >= 0.3 is 0 Å². The molecule has 0 bridgehead atoms. The van der Waals surface area contributed by atoms with E-state index < -0.39 is 10.0 Å². The molecule has 0 saturated carbocycles. The first-order valence-corrected chi connectivity index (χ1v) is 8.40. The van der Waals surface area contributed by atoms with Crippen molar-refractivity contribution < 1.29 is 13.5 Å². The molecule has 0 aliphatic heterocycles. The van der Waals surface area contributed by atoms with Crippen LogP contribution < -0.4 is 0 Å². The normalized spacial score (nSPS) is 11.8. The van der Waals surface area contributed by atoms with E-state index in [-0.39, 0.29) is 25.4 Å². The van der Waals surface area contributed by atoms with E-state index in [0.717, 1.165) is 5.56 Å². The fraction of sp³-hybridized carbons (Fsp3) is 0.385. The second-order valence-electron chi connectivity index (χ2n) is 4.20. The van der Waals surface area contributed by atoms with Crippen LogP contribution in [0.15, 0.2) is 30.9 Å². The summed E-state index contributed by atoms with van der Waals surface area (Å²) in [4.78, 5) is 0. The average molecular weight is 338 g/mol. The number of hydrogen-bond donors (Lipinski definition) is 1. The van der Waals surface area contributed by atoms with Crippen LogP contribution in [0.2, 0.25) is 10.0 Å². The van der Waals surface area contributed by atoms with Crippen molar-refractivity contribution in [2.75, 3.05) is 18.9 Å². The van der Waals surface area contributed by atoms with Gasteiger partial charge in [0.1, 0.15) is 0 Å². The van der Waals surface area contributed by atoms with Gasteiger partial charge in [-0.15, -0.1) is 6.58 Å². The molecule has 112 valence electrons. The van der Waals surface area contributed by atoms with Gasteiger partial charge in [0.25, 0.3) is 0 Å². The van der Waals surface area contributed by atoms with Crippen LogP contribution in [0, 0.1) is 0 Å². The lowest BCUT2D eigenvalue weighted by atomic mass is 10.2. The molecule has 0 saturated heterocycles. The third-order valence-electron chi connectivity index (χ3n) is 2.67. The zero-order chi connectivity index (χ0) is 15.2. The van der Waals surface area contributed by atoms with Crippen LogP contribution in [0.1, 0.15) is 12.0 Å². The highest BCUT2D eigenvalue weighted by Crippen LogP contribution is 2.23. The Labute approximate surface area is 129 Å². The Bertz CT molecular complexity index is 561. The summed E-state index contributed by atoms with van der Waals surface area (Å²) in [5, 5.41) is 9.82. The van der Waals surface area contributed by atoms with Crippen molar-refractivity contribution in [2.24, 2.45) is 0 Å². The summed E-state index contributed by atoms with van der Waals surface area (Å²) in [6.45, 7) is 3.46. The topological polar surface area (TPSA) is 57.6 Å². The van der Waals surface area contributed by atoms with Gasteiger partial charge in [0, 0.05) is 13.1 Å². The Morgan fingerprint density at radius 1 is 1.30 bits per heavy atom. The summed E-state index contributed by atoms with van der Waals surface area (Å²) in [5.41, 5.74) is 0.718. The predicted octanol–water partition coefficient (Wildman–Crippen LogP) is 2.69. The summed E-state index contributed by atoms with van der Waals surface area (Å²) in [7, 11) is -3.44. The van der Waals surface area contributed by atoms with Crippen molar-refractivity contribution in [1.82, 2.24) is 4.31 Å². The summed E-state index contributed by atoms with van der Waals surface area (Å²) >= 11 is 11.7. The fourth-order valence-electron chi connectivity index (χ4n) is 1.63. The van der Waals surface area contributed by atoms with Crippen molar-refractivity contribution >= 4 is 33.2 Å². The van der Waals surface area contributed by atoms with Gasteiger partial charge in [-0.05, 0) is 24.1 Å². The molecule has 0 aliphatic carbocycles. The maximum atomic E-state index is 12.1. The molecule has 1 rings (SSSR count). The quantitative estimate of drug-likeness (QED) is 0.742. The number of hydrogen-bond acceptors (Lipinski definition) is 3. The van der Waals surface area contributed by atoms with Gasteiger partial charge in [-0.2, -0.15) is 4.31 Å². The molecule has 4 nitrogen and oxygen atoms in total. The fourth-order valence-corrected chi connectivity index (χ4v) is 3.38. The Morgan fingerprint density at radius 3 is 2.55 bits per heavy atom. The Balaban J connectivity index is 2.91.